The standard InChI is InChI=1S/C20H26N4O5/c1-14-4-2-8-23(12-14)19(26)15-6-9-22(10-7-15)17(25)13-24-20(27)29-18(21-24)16-5-3-11-28-16/h3,5,11,14-15H,2,4,6-10,12-13H2,1H3. The lowest BCUT2D eigenvalue weighted by atomic mass is 9.92. The first-order chi connectivity index (χ1) is 14.0. The van der Waals surface area contributed by atoms with E-state index in [0.717, 1.165) is 24.2 Å². The maximum Gasteiger partial charge on any atom is 0.437 e. The maximum absolute atomic E-state index is 12.8. The van der Waals surface area contributed by atoms with Crippen molar-refractivity contribution >= 4 is 11.8 Å². The van der Waals surface area contributed by atoms with Crippen LogP contribution in [-0.2, 0) is 16.1 Å². The summed E-state index contributed by atoms with van der Waals surface area (Å²) in [5.41, 5.74) is 0. The molecule has 9 nitrogen and oxygen atoms in total. The van der Waals surface area contributed by atoms with Crippen molar-refractivity contribution in [2.24, 2.45) is 11.8 Å². The summed E-state index contributed by atoms with van der Waals surface area (Å²) < 4.78 is 11.2. The molecule has 4 rings (SSSR count). The minimum atomic E-state index is -0.700. The Bertz CT molecular complexity index is 908. The van der Waals surface area contributed by atoms with Gasteiger partial charge in [0.15, 0.2) is 5.76 Å². The van der Waals surface area contributed by atoms with Crippen LogP contribution < -0.4 is 5.76 Å². The van der Waals surface area contributed by atoms with Gasteiger partial charge in [-0.25, -0.2) is 4.79 Å². The van der Waals surface area contributed by atoms with E-state index in [-0.39, 0.29) is 30.2 Å². The number of amides is 2. The largest absolute Gasteiger partial charge is 0.459 e. The molecule has 0 radical (unpaired) electrons. The highest BCUT2D eigenvalue weighted by Gasteiger charge is 2.32. The zero-order valence-electron chi connectivity index (χ0n) is 16.6. The molecule has 29 heavy (non-hydrogen) atoms. The summed E-state index contributed by atoms with van der Waals surface area (Å²) in [6.07, 6.45) is 5.01. The molecule has 0 bridgehead atoms. The highest BCUT2D eigenvalue weighted by Crippen LogP contribution is 2.24. The molecule has 2 saturated heterocycles. The second kappa shape index (κ2) is 8.26. The van der Waals surface area contributed by atoms with Gasteiger partial charge in [0.1, 0.15) is 6.54 Å². The van der Waals surface area contributed by atoms with Crippen LogP contribution in [0.15, 0.2) is 32.0 Å². The highest BCUT2D eigenvalue weighted by molar-refractivity contribution is 5.80. The molecule has 0 spiro atoms. The van der Waals surface area contributed by atoms with E-state index in [2.05, 4.69) is 12.0 Å². The van der Waals surface area contributed by atoms with E-state index in [0.29, 0.717) is 37.6 Å². The SMILES string of the molecule is CC1CCCN(C(=O)C2CCN(C(=O)Cn3nc(-c4ccco4)oc3=O)CC2)C1. The second-order valence-corrected chi connectivity index (χ2v) is 7.99. The Balaban J connectivity index is 1.31. The number of nitrogens with zero attached hydrogens (tertiary/aromatic N) is 4. The topological polar surface area (TPSA) is 102 Å². The van der Waals surface area contributed by atoms with Gasteiger partial charge in [-0.05, 0) is 43.7 Å². The van der Waals surface area contributed by atoms with Gasteiger partial charge in [0, 0.05) is 32.1 Å². The molecule has 2 aromatic heterocycles. The van der Waals surface area contributed by atoms with Crippen LogP contribution in [0.25, 0.3) is 11.7 Å². The normalized spacial score (nSPS) is 20.8. The quantitative estimate of drug-likeness (QED) is 0.770. The van der Waals surface area contributed by atoms with Gasteiger partial charge in [-0.1, -0.05) is 6.92 Å². The van der Waals surface area contributed by atoms with Crippen LogP contribution in [0.3, 0.4) is 0 Å². The molecular formula is C20H26N4O5. The fourth-order valence-corrected chi connectivity index (χ4v) is 4.16. The molecule has 0 N–H and O–H groups in total. The Morgan fingerprint density at radius 3 is 2.66 bits per heavy atom. The van der Waals surface area contributed by atoms with Crippen molar-refractivity contribution < 1.29 is 18.4 Å². The van der Waals surface area contributed by atoms with Crippen molar-refractivity contribution in [2.75, 3.05) is 26.2 Å². The van der Waals surface area contributed by atoms with Gasteiger partial charge in [-0.15, -0.1) is 5.10 Å². The van der Waals surface area contributed by atoms with Crippen molar-refractivity contribution in [2.45, 2.75) is 39.2 Å². The van der Waals surface area contributed by atoms with Gasteiger partial charge in [0.2, 0.25) is 11.8 Å². The first kappa shape index (κ1) is 19.5. The van der Waals surface area contributed by atoms with Crippen LogP contribution in [-0.4, -0.2) is 57.6 Å². The molecule has 2 amide bonds. The van der Waals surface area contributed by atoms with Gasteiger partial charge in [-0.2, -0.15) is 4.68 Å². The fourth-order valence-electron chi connectivity index (χ4n) is 4.16. The average Bonchev–Trinajstić information content (AvgIpc) is 3.38. The van der Waals surface area contributed by atoms with Crippen molar-refractivity contribution in [3.05, 3.63) is 28.9 Å². The van der Waals surface area contributed by atoms with Crippen LogP contribution in [0.4, 0.5) is 0 Å². The lowest BCUT2D eigenvalue weighted by Crippen LogP contribution is -2.47. The van der Waals surface area contributed by atoms with Gasteiger partial charge in [0.05, 0.1) is 6.26 Å². The lowest BCUT2D eigenvalue weighted by Gasteiger charge is -2.37. The molecule has 9 heteroatoms. The van der Waals surface area contributed by atoms with Crippen LogP contribution in [0, 0.1) is 11.8 Å². The van der Waals surface area contributed by atoms with Gasteiger partial charge >= 0.3 is 5.76 Å². The summed E-state index contributed by atoms with van der Waals surface area (Å²) in [5, 5.41) is 4.03. The van der Waals surface area contributed by atoms with E-state index < -0.39 is 5.76 Å². The maximum atomic E-state index is 12.8. The first-order valence-electron chi connectivity index (χ1n) is 10.2. The molecule has 0 aromatic carbocycles. The van der Waals surface area contributed by atoms with Gasteiger partial charge in [-0.3, -0.25) is 9.59 Å². The number of carbonyl (C=O) groups is 2. The number of likely N-dealkylation sites (tertiary alicyclic amines) is 2. The van der Waals surface area contributed by atoms with E-state index in [9.17, 15) is 14.4 Å². The Kier molecular flexibility index (Phi) is 5.55. The Hall–Kier alpha value is -2.84. The van der Waals surface area contributed by atoms with Crippen molar-refractivity contribution in [3.8, 4) is 11.7 Å². The molecule has 1 unspecified atom stereocenters. The summed E-state index contributed by atoms with van der Waals surface area (Å²) in [4.78, 5) is 41.0. The predicted octanol–water partition coefficient (Wildman–Crippen LogP) is 1.59. The Morgan fingerprint density at radius 2 is 1.97 bits per heavy atom. The number of rotatable bonds is 4. The van der Waals surface area contributed by atoms with Crippen LogP contribution in [0.1, 0.15) is 32.6 Å². The van der Waals surface area contributed by atoms with E-state index in [4.69, 9.17) is 8.83 Å². The van der Waals surface area contributed by atoms with Crippen molar-refractivity contribution in [1.29, 1.82) is 0 Å². The number of furan rings is 1. The fraction of sp³-hybridized carbons (Fsp3) is 0.600. The summed E-state index contributed by atoms with van der Waals surface area (Å²) in [5.74, 6) is 0.232. The number of aromatic nitrogens is 2. The molecule has 4 heterocycles. The third-order valence-corrected chi connectivity index (χ3v) is 5.79. The smallest absolute Gasteiger partial charge is 0.437 e. The number of piperidine rings is 2. The number of carbonyl (C=O) groups excluding carboxylic acids is 2. The summed E-state index contributed by atoms with van der Waals surface area (Å²) in [6.45, 7) is 4.70. The zero-order chi connectivity index (χ0) is 20.4. The monoisotopic (exact) mass is 402 g/mol. The average molecular weight is 402 g/mol. The summed E-state index contributed by atoms with van der Waals surface area (Å²) >= 11 is 0. The molecule has 2 aliphatic rings. The van der Waals surface area contributed by atoms with E-state index in [1.54, 1.807) is 17.0 Å². The van der Waals surface area contributed by atoms with Crippen LogP contribution >= 0.6 is 0 Å². The molecule has 2 aromatic rings. The zero-order valence-corrected chi connectivity index (χ0v) is 16.6. The Labute approximate surface area is 168 Å². The molecule has 2 aliphatic heterocycles. The van der Waals surface area contributed by atoms with Crippen LogP contribution in [0.2, 0.25) is 0 Å². The molecule has 156 valence electrons. The van der Waals surface area contributed by atoms with Crippen LogP contribution in [0.5, 0.6) is 0 Å². The van der Waals surface area contributed by atoms with Gasteiger partial charge in [0.25, 0.3) is 5.89 Å². The molecular weight excluding hydrogens is 376 g/mol. The van der Waals surface area contributed by atoms with Crippen molar-refractivity contribution in [1.82, 2.24) is 19.6 Å². The molecule has 0 saturated carbocycles. The third-order valence-electron chi connectivity index (χ3n) is 5.79. The molecule has 0 aliphatic carbocycles. The minimum Gasteiger partial charge on any atom is -0.459 e. The third kappa shape index (κ3) is 4.28. The summed E-state index contributed by atoms with van der Waals surface area (Å²) in [7, 11) is 0. The number of hydrogen-bond acceptors (Lipinski definition) is 6. The lowest BCUT2D eigenvalue weighted by molar-refractivity contribution is -0.142. The minimum absolute atomic E-state index is 0.0234. The van der Waals surface area contributed by atoms with E-state index >= 15 is 0 Å². The van der Waals surface area contributed by atoms with Crippen molar-refractivity contribution in [3.63, 3.8) is 0 Å². The van der Waals surface area contributed by atoms with Gasteiger partial charge < -0.3 is 18.6 Å². The highest BCUT2D eigenvalue weighted by atomic mass is 16.4. The molecule has 1 atom stereocenters. The summed E-state index contributed by atoms with van der Waals surface area (Å²) in [6, 6.07) is 3.29. The van der Waals surface area contributed by atoms with E-state index in [1.165, 1.54) is 12.7 Å². The Morgan fingerprint density at radius 1 is 1.17 bits per heavy atom. The van der Waals surface area contributed by atoms with E-state index in [1.807, 2.05) is 4.90 Å². The second-order valence-electron chi connectivity index (χ2n) is 7.99. The predicted molar refractivity (Wildman–Crippen MR) is 103 cm³/mol. The molecule has 2 fully saturated rings. The number of hydrogen-bond donors (Lipinski definition) is 0. The first-order valence-corrected chi connectivity index (χ1v) is 10.2.